The van der Waals surface area contributed by atoms with E-state index in [1.54, 1.807) is 0 Å². The van der Waals surface area contributed by atoms with Gasteiger partial charge in [0.2, 0.25) is 0 Å². The predicted octanol–water partition coefficient (Wildman–Crippen LogP) is 2.97. The highest BCUT2D eigenvalue weighted by Crippen LogP contribution is 2.19. The van der Waals surface area contributed by atoms with Gasteiger partial charge in [-0.2, -0.15) is 0 Å². The standard InChI is InChI=1S/C14H15NO/c1-9-4-6-12(7-5-9)13-10(2)8-11(3)15-14(13)16/h4-8H,1-3H3,(H,15,16). The zero-order chi connectivity index (χ0) is 11.7. The number of benzene rings is 1. The summed E-state index contributed by atoms with van der Waals surface area (Å²) in [5, 5.41) is 0. The van der Waals surface area contributed by atoms with Crippen molar-refractivity contribution < 1.29 is 0 Å². The van der Waals surface area contributed by atoms with Gasteiger partial charge in [-0.3, -0.25) is 4.79 Å². The molecule has 2 rings (SSSR count). The van der Waals surface area contributed by atoms with E-state index in [4.69, 9.17) is 0 Å². The molecule has 0 bridgehead atoms. The Morgan fingerprint density at radius 2 is 1.62 bits per heavy atom. The summed E-state index contributed by atoms with van der Waals surface area (Å²) >= 11 is 0. The molecular weight excluding hydrogens is 198 g/mol. The summed E-state index contributed by atoms with van der Waals surface area (Å²) in [6.45, 7) is 5.90. The maximum Gasteiger partial charge on any atom is 0.256 e. The van der Waals surface area contributed by atoms with Crippen LogP contribution in [0.2, 0.25) is 0 Å². The fourth-order valence-corrected chi connectivity index (χ4v) is 1.93. The molecule has 2 nitrogen and oxygen atoms in total. The molecule has 16 heavy (non-hydrogen) atoms. The summed E-state index contributed by atoms with van der Waals surface area (Å²) in [7, 11) is 0. The van der Waals surface area contributed by atoms with Crippen molar-refractivity contribution in [1.82, 2.24) is 4.98 Å². The first kappa shape index (κ1) is 10.7. The number of hydrogen-bond acceptors (Lipinski definition) is 1. The van der Waals surface area contributed by atoms with E-state index in [9.17, 15) is 4.79 Å². The van der Waals surface area contributed by atoms with Crippen LogP contribution in [0.1, 0.15) is 16.8 Å². The fourth-order valence-electron chi connectivity index (χ4n) is 1.93. The number of aryl methyl sites for hydroxylation is 3. The molecule has 0 aliphatic rings. The molecule has 0 radical (unpaired) electrons. The quantitative estimate of drug-likeness (QED) is 0.776. The van der Waals surface area contributed by atoms with Crippen LogP contribution in [0.25, 0.3) is 11.1 Å². The van der Waals surface area contributed by atoms with Crippen molar-refractivity contribution in [2.45, 2.75) is 20.8 Å². The predicted molar refractivity (Wildman–Crippen MR) is 66.7 cm³/mol. The Hall–Kier alpha value is -1.83. The summed E-state index contributed by atoms with van der Waals surface area (Å²) in [6.07, 6.45) is 0. The summed E-state index contributed by atoms with van der Waals surface area (Å²) in [5.74, 6) is 0. The van der Waals surface area contributed by atoms with Crippen molar-refractivity contribution in [2.75, 3.05) is 0 Å². The third-order valence-corrected chi connectivity index (χ3v) is 2.71. The van der Waals surface area contributed by atoms with Crippen LogP contribution >= 0.6 is 0 Å². The number of hydrogen-bond donors (Lipinski definition) is 1. The molecule has 0 aliphatic heterocycles. The van der Waals surface area contributed by atoms with Gasteiger partial charge in [-0.05, 0) is 38.0 Å². The zero-order valence-electron chi connectivity index (χ0n) is 9.79. The fraction of sp³-hybridized carbons (Fsp3) is 0.214. The van der Waals surface area contributed by atoms with Crippen LogP contribution in [0.4, 0.5) is 0 Å². The number of nitrogens with one attached hydrogen (secondary N) is 1. The molecule has 0 saturated carbocycles. The van der Waals surface area contributed by atoms with E-state index >= 15 is 0 Å². The molecule has 0 amide bonds. The molecule has 0 unspecified atom stereocenters. The molecule has 0 spiro atoms. The minimum Gasteiger partial charge on any atom is -0.326 e. The Bertz CT molecular complexity index is 564. The molecule has 2 heteroatoms. The average Bonchev–Trinajstić information content (AvgIpc) is 2.19. The molecule has 1 heterocycles. The van der Waals surface area contributed by atoms with E-state index in [1.807, 2.05) is 51.1 Å². The number of aromatic nitrogens is 1. The van der Waals surface area contributed by atoms with Gasteiger partial charge in [0.15, 0.2) is 0 Å². The Balaban J connectivity index is 2.65. The van der Waals surface area contributed by atoms with Gasteiger partial charge in [-0.25, -0.2) is 0 Å². The number of pyridine rings is 1. The molecular formula is C14H15NO. The average molecular weight is 213 g/mol. The number of aromatic amines is 1. The Morgan fingerprint density at radius 1 is 1.00 bits per heavy atom. The molecule has 82 valence electrons. The lowest BCUT2D eigenvalue weighted by atomic mass is 10.0. The lowest BCUT2D eigenvalue weighted by Crippen LogP contribution is -2.11. The van der Waals surface area contributed by atoms with Crippen molar-refractivity contribution in [3.8, 4) is 11.1 Å². The van der Waals surface area contributed by atoms with Gasteiger partial charge in [0.05, 0.1) is 0 Å². The highest BCUT2D eigenvalue weighted by atomic mass is 16.1. The highest BCUT2D eigenvalue weighted by Gasteiger charge is 2.07. The lowest BCUT2D eigenvalue weighted by Gasteiger charge is -2.06. The Morgan fingerprint density at radius 3 is 2.19 bits per heavy atom. The molecule has 1 aromatic heterocycles. The number of rotatable bonds is 1. The largest absolute Gasteiger partial charge is 0.326 e. The normalized spacial score (nSPS) is 10.4. The van der Waals surface area contributed by atoms with Crippen molar-refractivity contribution >= 4 is 0 Å². The maximum absolute atomic E-state index is 11.9. The van der Waals surface area contributed by atoms with Crippen LogP contribution < -0.4 is 5.56 Å². The molecule has 0 fully saturated rings. The van der Waals surface area contributed by atoms with E-state index in [0.717, 1.165) is 22.4 Å². The molecule has 0 aliphatic carbocycles. The van der Waals surface area contributed by atoms with E-state index in [2.05, 4.69) is 4.98 Å². The Kier molecular flexibility index (Phi) is 2.65. The van der Waals surface area contributed by atoms with E-state index in [1.165, 1.54) is 5.56 Å². The van der Waals surface area contributed by atoms with Crippen LogP contribution in [0.5, 0.6) is 0 Å². The van der Waals surface area contributed by atoms with E-state index < -0.39 is 0 Å². The Labute approximate surface area is 95.0 Å². The molecule has 2 aromatic rings. The van der Waals surface area contributed by atoms with Gasteiger partial charge in [-0.15, -0.1) is 0 Å². The van der Waals surface area contributed by atoms with Crippen LogP contribution in [-0.4, -0.2) is 4.98 Å². The van der Waals surface area contributed by atoms with Crippen molar-refractivity contribution in [2.24, 2.45) is 0 Å². The van der Waals surface area contributed by atoms with Crippen molar-refractivity contribution in [3.05, 3.63) is 57.5 Å². The monoisotopic (exact) mass is 213 g/mol. The van der Waals surface area contributed by atoms with Gasteiger partial charge in [0, 0.05) is 11.3 Å². The van der Waals surface area contributed by atoms with Crippen LogP contribution in [0.15, 0.2) is 35.1 Å². The molecule has 0 atom stereocenters. The van der Waals surface area contributed by atoms with Gasteiger partial charge in [0.25, 0.3) is 5.56 Å². The SMILES string of the molecule is Cc1ccc(-c2c(C)cc(C)[nH]c2=O)cc1. The topological polar surface area (TPSA) is 32.9 Å². The van der Waals surface area contributed by atoms with E-state index in [-0.39, 0.29) is 5.56 Å². The molecule has 1 N–H and O–H groups in total. The van der Waals surface area contributed by atoms with Gasteiger partial charge >= 0.3 is 0 Å². The van der Waals surface area contributed by atoms with Crippen LogP contribution in [0, 0.1) is 20.8 Å². The van der Waals surface area contributed by atoms with Crippen LogP contribution in [0.3, 0.4) is 0 Å². The highest BCUT2D eigenvalue weighted by molar-refractivity contribution is 5.66. The number of H-pyrrole nitrogens is 1. The first-order chi connectivity index (χ1) is 7.58. The molecule has 0 saturated heterocycles. The first-order valence-corrected chi connectivity index (χ1v) is 5.35. The maximum atomic E-state index is 11.9. The van der Waals surface area contributed by atoms with Gasteiger partial charge in [-0.1, -0.05) is 29.8 Å². The summed E-state index contributed by atoms with van der Waals surface area (Å²) in [4.78, 5) is 14.7. The molecule has 1 aromatic carbocycles. The van der Waals surface area contributed by atoms with Gasteiger partial charge in [0.1, 0.15) is 0 Å². The summed E-state index contributed by atoms with van der Waals surface area (Å²) in [6, 6.07) is 10.0. The third kappa shape index (κ3) is 1.91. The summed E-state index contributed by atoms with van der Waals surface area (Å²) in [5.41, 5.74) is 4.85. The minimum atomic E-state index is -0.0126. The minimum absolute atomic E-state index is 0.0126. The summed E-state index contributed by atoms with van der Waals surface area (Å²) < 4.78 is 0. The second kappa shape index (κ2) is 3.97. The van der Waals surface area contributed by atoms with Gasteiger partial charge < -0.3 is 4.98 Å². The third-order valence-electron chi connectivity index (χ3n) is 2.71. The lowest BCUT2D eigenvalue weighted by molar-refractivity contribution is 1.12. The zero-order valence-corrected chi connectivity index (χ0v) is 9.79. The first-order valence-electron chi connectivity index (χ1n) is 5.35. The smallest absolute Gasteiger partial charge is 0.256 e. The van der Waals surface area contributed by atoms with Crippen molar-refractivity contribution in [1.29, 1.82) is 0 Å². The second-order valence-electron chi connectivity index (χ2n) is 4.21. The van der Waals surface area contributed by atoms with Crippen LogP contribution in [-0.2, 0) is 0 Å². The van der Waals surface area contributed by atoms with E-state index in [0.29, 0.717) is 0 Å². The second-order valence-corrected chi connectivity index (χ2v) is 4.21. The van der Waals surface area contributed by atoms with Crippen molar-refractivity contribution in [3.63, 3.8) is 0 Å².